The summed E-state index contributed by atoms with van der Waals surface area (Å²) in [6, 6.07) is 7.00. The molecule has 1 saturated heterocycles. The lowest BCUT2D eigenvalue weighted by Gasteiger charge is -2.34. The van der Waals surface area contributed by atoms with Crippen LogP contribution in [-0.4, -0.2) is 60.4 Å². The van der Waals surface area contributed by atoms with Gasteiger partial charge in [0.15, 0.2) is 0 Å². The molecule has 5 heteroatoms. The molecule has 5 nitrogen and oxygen atoms in total. The summed E-state index contributed by atoms with van der Waals surface area (Å²) in [5.41, 5.74) is 4.04. The predicted octanol–water partition coefficient (Wildman–Crippen LogP) is 1.53. The van der Waals surface area contributed by atoms with E-state index in [9.17, 15) is 9.59 Å². The largest absolute Gasteiger partial charge is 0.352 e. The first kappa shape index (κ1) is 17.5. The lowest BCUT2D eigenvalue weighted by Crippen LogP contribution is -2.51. The summed E-state index contributed by atoms with van der Waals surface area (Å²) in [5, 5.41) is 3.03. The van der Waals surface area contributed by atoms with Crippen molar-refractivity contribution in [3.63, 3.8) is 0 Å². The van der Waals surface area contributed by atoms with Gasteiger partial charge in [-0.2, -0.15) is 0 Å². The third-order valence-electron chi connectivity index (χ3n) is 5.80. The summed E-state index contributed by atoms with van der Waals surface area (Å²) in [6.07, 6.45) is 7.62. The number of hydrogen-bond acceptors (Lipinski definition) is 3. The van der Waals surface area contributed by atoms with Crippen LogP contribution in [0.2, 0.25) is 0 Å². The van der Waals surface area contributed by atoms with Gasteiger partial charge in [0.25, 0.3) is 0 Å². The Kier molecular flexibility index (Phi) is 5.25. The highest BCUT2D eigenvalue weighted by atomic mass is 16.2. The molecule has 1 N–H and O–H groups in total. The van der Waals surface area contributed by atoms with Crippen LogP contribution in [0.25, 0.3) is 0 Å². The van der Waals surface area contributed by atoms with Crippen LogP contribution in [0.5, 0.6) is 0 Å². The third-order valence-corrected chi connectivity index (χ3v) is 5.80. The highest BCUT2D eigenvalue weighted by molar-refractivity contribution is 5.80. The maximum absolute atomic E-state index is 12.6. The Morgan fingerprint density at radius 2 is 1.73 bits per heavy atom. The average molecular weight is 355 g/mol. The van der Waals surface area contributed by atoms with Crippen molar-refractivity contribution in [2.75, 3.05) is 32.7 Å². The number of benzene rings is 1. The van der Waals surface area contributed by atoms with Gasteiger partial charge in [0.2, 0.25) is 11.8 Å². The normalized spacial score (nSPS) is 20.5. The van der Waals surface area contributed by atoms with Crippen molar-refractivity contribution >= 4 is 11.8 Å². The number of carbonyl (C=O) groups excluding carboxylic acids is 2. The molecule has 1 aromatic rings. The fourth-order valence-corrected chi connectivity index (χ4v) is 4.04. The second kappa shape index (κ2) is 7.78. The molecule has 1 aliphatic heterocycles. The van der Waals surface area contributed by atoms with E-state index in [-0.39, 0.29) is 11.8 Å². The monoisotopic (exact) mass is 355 g/mol. The van der Waals surface area contributed by atoms with E-state index in [2.05, 4.69) is 28.4 Å². The molecule has 0 radical (unpaired) electrons. The molecule has 2 aliphatic carbocycles. The van der Waals surface area contributed by atoms with E-state index in [1.165, 1.54) is 30.4 Å². The molecule has 2 fully saturated rings. The second-order valence-corrected chi connectivity index (χ2v) is 7.99. The smallest absolute Gasteiger partial charge is 0.234 e. The fourth-order valence-electron chi connectivity index (χ4n) is 4.04. The minimum Gasteiger partial charge on any atom is -0.352 e. The maximum Gasteiger partial charge on any atom is 0.234 e. The predicted molar refractivity (Wildman–Crippen MR) is 101 cm³/mol. The number of rotatable bonds is 5. The Hall–Kier alpha value is -1.88. The van der Waals surface area contributed by atoms with Gasteiger partial charge in [-0.25, -0.2) is 0 Å². The zero-order valence-electron chi connectivity index (χ0n) is 15.5. The molecular weight excluding hydrogens is 326 g/mol. The number of fused-ring (bicyclic) bond motifs is 1. The van der Waals surface area contributed by atoms with E-state index < -0.39 is 0 Å². The van der Waals surface area contributed by atoms with Gasteiger partial charge in [0.05, 0.1) is 13.0 Å². The number of carbonyl (C=O) groups is 2. The summed E-state index contributed by atoms with van der Waals surface area (Å²) in [7, 11) is 0. The van der Waals surface area contributed by atoms with Crippen molar-refractivity contribution in [3.05, 3.63) is 34.9 Å². The number of piperazine rings is 1. The zero-order valence-corrected chi connectivity index (χ0v) is 15.5. The lowest BCUT2D eigenvalue weighted by molar-refractivity contribution is -0.132. The zero-order chi connectivity index (χ0) is 17.9. The quantitative estimate of drug-likeness (QED) is 0.872. The van der Waals surface area contributed by atoms with Crippen LogP contribution < -0.4 is 5.32 Å². The summed E-state index contributed by atoms with van der Waals surface area (Å²) in [6.45, 7) is 3.48. The first-order chi connectivity index (χ1) is 12.7. The molecule has 0 aromatic heterocycles. The Labute approximate surface area is 155 Å². The highest BCUT2D eigenvalue weighted by Crippen LogP contribution is 2.23. The average Bonchev–Trinajstić information content (AvgIpc) is 3.46. The van der Waals surface area contributed by atoms with Crippen LogP contribution in [0.3, 0.4) is 0 Å². The van der Waals surface area contributed by atoms with Crippen LogP contribution in [0.15, 0.2) is 18.2 Å². The minimum absolute atomic E-state index is 0.126. The van der Waals surface area contributed by atoms with Gasteiger partial charge in [0, 0.05) is 32.2 Å². The van der Waals surface area contributed by atoms with Gasteiger partial charge in [-0.05, 0) is 55.2 Å². The van der Waals surface area contributed by atoms with Gasteiger partial charge in [0.1, 0.15) is 0 Å². The third kappa shape index (κ3) is 4.44. The standard InChI is InChI=1S/C21H29N3O2/c25-20(22-19-7-8-19)15-23-9-11-24(12-10-23)21(26)14-16-5-6-17-3-1-2-4-18(17)13-16/h5-6,13,19H,1-4,7-12,14-15H2,(H,22,25). The molecule has 1 saturated carbocycles. The topological polar surface area (TPSA) is 52.7 Å². The van der Waals surface area contributed by atoms with Gasteiger partial charge in [-0.1, -0.05) is 18.2 Å². The van der Waals surface area contributed by atoms with Gasteiger partial charge in [-0.15, -0.1) is 0 Å². The second-order valence-electron chi connectivity index (χ2n) is 7.99. The van der Waals surface area contributed by atoms with Gasteiger partial charge < -0.3 is 10.2 Å². The number of amides is 2. The van der Waals surface area contributed by atoms with Gasteiger partial charge in [-0.3, -0.25) is 14.5 Å². The van der Waals surface area contributed by atoms with Crippen molar-refractivity contribution < 1.29 is 9.59 Å². The van der Waals surface area contributed by atoms with Crippen LogP contribution in [0.4, 0.5) is 0 Å². The van der Waals surface area contributed by atoms with Gasteiger partial charge >= 0.3 is 0 Å². The Morgan fingerprint density at radius 1 is 1.00 bits per heavy atom. The maximum atomic E-state index is 12.6. The molecule has 0 spiro atoms. The molecule has 26 heavy (non-hydrogen) atoms. The van der Waals surface area contributed by atoms with Crippen molar-refractivity contribution in [2.24, 2.45) is 0 Å². The Balaban J connectivity index is 1.25. The molecule has 3 aliphatic rings. The van der Waals surface area contributed by atoms with E-state index in [1.807, 2.05) is 4.90 Å². The van der Waals surface area contributed by atoms with E-state index in [0.29, 0.717) is 19.0 Å². The first-order valence-corrected chi connectivity index (χ1v) is 10.1. The Bertz CT molecular complexity index is 676. The summed E-state index contributed by atoms with van der Waals surface area (Å²) >= 11 is 0. The molecule has 1 aromatic carbocycles. The number of nitrogens with one attached hydrogen (secondary N) is 1. The first-order valence-electron chi connectivity index (χ1n) is 10.1. The molecule has 140 valence electrons. The fraction of sp³-hybridized carbons (Fsp3) is 0.619. The van der Waals surface area contributed by atoms with E-state index in [1.54, 1.807) is 0 Å². The number of hydrogen-bond donors (Lipinski definition) is 1. The lowest BCUT2D eigenvalue weighted by atomic mass is 9.90. The molecule has 1 heterocycles. The number of aryl methyl sites for hydroxylation is 2. The van der Waals surface area contributed by atoms with Crippen LogP contribution >= 0.6 is 0 Å². The highest BCUT2D eigenvalue weighted by Gasteiger charge is 2.26. The summed E-state index contributed by atoms with van der Waals surface area (Å²) in [5.74, 6) is 0.337. The van der Waals surface area contributed by atoms with Crippen LogP contribution in [-0.2, 0) is 28.9 Å². The molecular formula is C21H29N3O2. The SMILES string of the molecule is O=C(CN1CCN(C(=O)Cc2ccc3c(c2)CCCC3)CC1)NC1CC1. The molecule has 0 unspecified atom stereocenters. The summed E-state index contributed by atoms with van der Waals surface area (Å²) < 4.78 is 0. The minimum atomic E-state index is 0.126. The van der Waals surface area contributed by atoms with Crippen LogP contribution in [0, 0.1) is 0 Å². The van der Waals surface area contributed by atoms with E-state index in [0.717, 1.165) is 51.0 Å². The van der Waals surface area contributed by atoms with Crippen LogP contribution in [0.1, 0.15) is 42.4 Å². The molecule has 0 atom stereocenters. The van der Waals surface area contributed by atoms with Crippen molar-refractivity contribution in [1.29, 1.82) is 0 Å². The molecule has 2 amide bonds. The number of nitrogens with zero attached hydrogens (tertiary/aromatic N) is 2. The Morgan fingerprint density at radius 3 is 2.46 bits per heavy atom. The van der Waals surface area contributed by atoms with E-state index in [4.69, 9.17) is 0 Å². The van der Waals surface area contributed by atoms with Crippen molar-refractivity contribution in [1.82, 2.24) is 15.1 Å². The summed E-state index contributed by atoms with van der Waals surface area (Å²) in [4.78, 5) is 28.7. The van der Waals surface area contributed by atoms with E-state index >= 15 is 0 Å². The van der Waals surface area contributed by atoms with Crippen molar-refractivity contribution in [3.8, 4) is 0 Å². The molecule has 4 rings (SSSR count). The molecule has 0 bridgehead atoms. The van der Waals surface area contributed by atoms with Crippen molar-refractivity contribution in [2.45, 2.75) is 51.0 Å².